The van der Waals surface area contributed by atoms with Crippen LogP contribution in [0.4, 0.5) is 0 Å². The first-order valence-corrected chi connectivity index (χ1v) is 12.1. The van der Waals surface area contributed by atoms with Crippen molar-refractivity contribution in [1.82, 2.24) is 5.32 Å². The van der Waals surface area contributed by atoms with Crippen molar-refractivity contribution in [2.24, 2.45) is 0 Å². The van der Waals surface area contributed by atoms with Crippen molar-refractivity contribution in [2.45, 2.75) is 26.1 Å². The molecule has 0 radical (unpaired) electrons. The van der Waals surface area contributed by atoms with Gasteiger partial charge in [0.2, 0.25) is 0 Å². The number of carbonyl (C=O) groups is 2. The molecule has 0 bridgehead atoms. The van der Waals surface area contributed by atoms with Crippen LogP contribution in [-0.2, 0) is 15.7 Å². The van der Waals surface area contributed by atoms with E-state index in [-0.39, 0.29) is 24.0 Å². The van der Waals surface area contributed by atoms with Gasteiger partial charge in [-0.15, -0.1) is 8.58 Å². The van der Waals surface area contributed by atoms with Gasteiger partial charge in [-0.25, -0.2) is 0 Å². The predicted molar refractivity (Wildman–Crippen MR) is 122 cm³/mol. The maximum Gasteiger partial charge on any atom is 0.325 e. The molecule has 1 amide bonds. The molecule has 2 rings (SSSR count). The van der Waals surface area contributed by atoms with E-state index in [0.717, 1.165) is 23.7 Å². The van der Waals surface area contributed by atoms with Gasteiger partial charge < -0.3 is 19.9 Å². The Labute approximate surface area is 188 Å². The summed E-state index contributed by atoms with van der Waals surface area (Å²) in [6.07, 6.45) is 0.700. The van der Waals surface area contributed by atoms with Gasteiger partial charge >= 0.3 is 5.97 Å². The number of rotatable bonds is 8. The summed E-state index contributed by atoms with van der Waals surface area (Å²) in [6, 6.07) is 8.32. The van der Waals surface area contributed by atoms with Crippen LogP contribution >= 0.6 is 40.4 Å². The number of phenols is 1. The lowest BCUT2D eigenvalue weighted by atomic mass is 10.1. The molecule has 0 aliphatic heterocycles. The lowest BCUT2D eigenvalue weighted by Crippen LogP contribution is -2.31. The molecule has 1 unspecified atom stereocenters. The standard InChI is InChI=1S/C20H22Br2NO5P/c1-11(2)27-18(25)9-23-20(26)14-8-13(4-5-17(14)24)28-19-15(21)6-12(10-29-3)7-16(19)22/h4-8,11,24,29H,9-10H2,1-3H3,(H,23,26). The van der Waals surface area contributed by atoms with Crippen LogP contribution in [-0.4, -0.2) is 36.3 Å². The fraction of sp³-hybridized carbons (Fsp3) is 0.300. The summed E-state index contributed by atoms with van der Waals surface area (Å²) in [4.78, 5) is 24.0. The summed E-state index contributed by atoms with van der Waals surface area (Å²) in [5, 5.41) is 12.5. The van der Waals surface area contributed by atoms with Gasteiger partial charge in [0.05, 0.1) is 20.6 Å². The average molecular weight is 547 g/mol. The summed E-state index contributed by atoms with van der Waals surface area (Å²) in [6.45, 7) is 5.28. The molecular weight excluding hydrogens is 525 g/mol. The zero-order valence-corrected chi connectivity index (χ0v) is 20.4. The molecule has 29 heavy (non-hydrogen) atoms. The number of esters is 1. The lowest BCUT2D eigenvalue weighted by Gasteiger charge is -2.14. The van der Waals surface area contributed by atoms with E-state index in [1.807, 2.05) is 12.1 Å². The highest BCUT2D eigenvalue weighted by atomic mass is 79.9. The van der Waals surface area contributed by atoms with Gasteiger partial charge in [-0.2, -0.15) is 0 Å². The number of amides is 1. The molecule has 0 saturated heterocycles. The Kier molecular flexibility index (Phi) is 8.93. The Morgan fingerprint density at radius 3 is 2.41 bits per heavy atom. The summed E-state index contributed by atoms with van der Waals surface area (Å²) in [7, 11) is 0.800. The van der Waals surface area contributed by atoms with Gasteiger partial charge in [-0.3, -0.25) is 9.59 Å². The second-order valence-corrected chi connectivity index (χ2v) is 9.19. The number of aromatic hydroxyl groups is 1. The van der Waals surface area contributed by atoms with Crippen LogP contribution in [0.5, 0.6) is 17.2 Å². The van der Waals surface area contributed by atoms with E-state index >= 15 is 0 Å². The molecule has 6 nitrogen and oxygen atoms in total. The molecule has 0 spiro atoms. The van der Waals surface area contributed by atoms with E-state index < -0.39 is 11.9 Å². The number of halogens is 2. The van der Waals surface area contributed by atoms with E-state index in [9.17, 15) is 14.7 Å². The first-order valence-electron chi connectivity index (χ1n) is 8.82. The molecule has 2 aromatic rings. The fourth-order valence-corrected chi connectivity index (χ4v) is 4.50. The third-order valence-electron chi connectivity index (χ3n) is 3.63. The highest BCUT2D eigenvalue weighted by Crippen LogP contribution is 2.39. The average Bonchev–Trinajstić information content (AvgIpc) is 2.63. The summed E-state index contributed by atoms with van der Waals surface area (Å²) >= 11 is 7.03. The molecule has 9 heteroatoms. The molecule has 156 valence electrons. The van der Waals surface area contributed by atoms with Crippen molar-refractivity contribution < 1.29 is 24.2 Å². The van der Waals surface area contributed by atoms with E-state index in [2.05, 4.69) is 43.8 Å². The number of ether oxygens (including phenoxy) is 2. The van der Waals surface area contributed by atoms with Crippen molar-refractivity contribution in [3.8, 4) is 17.2 Å². The molecule has 0 heterocycles. The van der Waals surface area contributed by atoms with Crippen LogP contribution in [0, 0.1) is 0 Å². The number of phenolic OH excluding ortho intramolecular Hbond substituents is 1. The minimum Gasteiger partial charge on any atom is -0.507 e. The smallest absolute Gasteiger partial charge is 0.325 e. The molecule has 0 saturated carbocycles. The summed E-state index contributed by atoms with van der Waals surface area (Å²) in [5.74, 6) is -0.452. The largest absolute Gasteiger partial charge is 0.507 e. The van der Waals surface area contributed by atoms with Crippen LogP contribution in [0.1, 0.15) is 29.8 Å². The molecule has 2 aromatic carbocycles. The van der Waals surface area contributed by atoms with Crippen molar-refractivity contribution in [3.63, 3.8) is 0 Å². The van der Waals surface area contributed by atoms with Gasteiger partial charge in [0.15, 0.2) is 5.75 Å². The molecule has 0 aromatic heterocycles. The molecule has 2 N–H and O–H groups in total. The molecule has 0 fully saturated rings. The maximum absolute atomic E-state index is 12.4. The Balaban J connectivity index is 2.17. The van der Waals surface area contributed by atoms with Gasteiger partial charge in [0, 0.05) is 0 Å². The lowest BCUT2D eigenvalue weighted by molar-refractivity contribution is -0.146. The fourth-order valence-electron chi connectivity index (χ4n) is 2.45. The van der Waals surface area contributed by atoms with Crippen LogP contribution in [0.15, 0.2) is 39.3 Å². The Bertz CT molecular complexity index is 881. The van der Waals surface area contributed by atoms with Crippen LogP contribution in [0.25, 0.3) is 0 Å². The number of hydrogen-bond acceptors (Lipinski definition) is 5. The van der Waals surface area contributed by atoms with Crippen LogP contribution in [0.2, 0.25) is 0 Å². The topological polar surface area (TPSA) is 84.9 Å². The van der Waals surface area contributed by atoms with Gasteiger partial charge in [0.1, 0.15) is 18.0 Å². The third-order valence-corrected chi connectivity index (χ3v) is 5.57. The van der Waals surface area contributed by atoms with Gasteiger partial charge in [-0.05, 0) is 94.4 Å². The summed E-state index contributed by atoms with van der Waals surface area (Å²) < 4.78 is 12.4. The highest BCUT2D eigenvalue weighted by molar-refractivity contribution is 9.11. The van der Waals surface area contributed by atoms with Crippen molar-refractivity contribution in [2.75, 3.05) is 13.2 Å². The zero-order chi connectivity index (χ0) is 21.6. The molecule has 1 atom stereocenters. The quantitative estimate of drug-likeness (QED) is 0.351. The van der Waals surface area contributed by atoms with E-state index in [1.165, 1.54) is 17.7 Å². The van der Waals surface area contributed by atoms with E-state index in [1.54, 1.807) is 19.9 Å². The third kappa shape index (κ3) is 6.98. The minimum absolute atomic E-state index is 0.00380. The Hall–Kier alpha value is -1.63. The molecule has 0 aliphatic rings. The first kappa shape index (κ1) is 23.6. The molecular formula is C20H22Br2NO5P. The normalized spacial score (nSPS) is 11.1. The van der Waals surface area contributed by atoms with Crippen molar-refractivity contribution in [3.05, 3.63) is 50.4 Å². The Morgan fingerprint density at radius 2 is 1.83 bits per heavy atom. The van der Waals surface area contributed by atoms with E-state index in [0.29, 0.717) is 11.5 Å². The first-order chi connectivity index (χ1) is 13.7. The number of carbonyl (C=O) groups excluding carboxylic acids is 2. The number of nitrogens with one attached hydrogen (secondary N) is 1. The SMILES string of the molecule is CPCc1cc(Br)c(Oc2ccc(O)c(C(=O)NCC(=O)OC(C)C)c2)c(Br)c1. The Morgan fingerprint density at radius 1 is 1.17 bits per heavy atom. The molecule has 0 aliphatic carbocycles. The second kappa shape index (κ2) is 11.0. The zero-order valence-electron chi connectivity index (χ0n) is 16.2. The van der Waals surface area contributed by atoms with Gasteiger partial charge in [-0.1, -0.05) is 0 Å². The van der Waals surface area contributed by atoms with Crippen LogP contribution < -0.4 is 10.1 Å². The summed E-state index contributed by atoms with van der Waals surface area (Å²) in [5.41, 5.74) is 1.17. The van der Waals surface area contributed by atoms with Crippen molar-refractivity contribution >= 4 is 52.3 Å². The van der Waals surface area contributed by atoms with Gasteiger partial charge in [0.25, 0.3) is 5.91 Å². The number of hydrogen-bond donors (Lipinski definition) is 2. The minimum atomic E-state index is -0.605. The van der Waals surface area contributed by atoms with E-state index in [4.69, 9.17) is 9.47 Å². The number of benzene rings is 2. The van der Waals surface area contributed by atoms with Crippen LogP contribution in [0.3, 0.4) is 0 Å². The second-order valence-electron chi connectivity index (χ2n) is 6.42. The monoisotopic (exact) mass is 545 g/mol. The highest BCUT2D eigenvalue weighted by Gasteiger charge is 2.16. The maximum atomic E-state index is 12.4. The predicted octanol–water partition coefficient (Wildman–Crippen LogP) is 5.20. The van der Waals surface area contributed by atoms with Crippen molar-refractivity contribution in [1.29, 1.82) is 0 Å².